The van der Waals surface area contributed by atoms with Gasteiger partial charge in [0, 0.05) is 25.4 Å². The topological polar surface area (TPSA) is 103 Å². The van der Waals surface area contributed by atoms with Crippen LogP contribution in [0.3, 0.4) is 0 Å². The Morgan fingerprint density at radius 1 is 1.58 bits per heavy atom. The zero-order valence-corrected chi connectivity index (χ0v) is 10.8. The van der Waals surface area contributed by atoms with Crippen molar-refractivity contribution in [1.29, 1.82) is 0 Å². The molecule has 0 aromatic carbocycles. The van der Waals surface area contributed by atoms with Crippen LogP contribution in [0.25, 0.3) is 0 Å². The molecule has 102 valence electrons. The minimum Gasteiger partial charge on any atom is -0.370 e. The number of nitrogens with one attached hydrogen (secondary N) is 1. The molecule has 0 spiro atoms. The van der Waals surface area contributed by atoms with Gasteiger partial charge in [-0.2, -0.15) is 4.98 Å². The Bertz CT molecular complexity index is 527. The summed E-state index contributed by atoms with van der Waals surface area (Å²) in [6, 6.07) is -0.337. The van der Waals surface area contributed by atoms with Gasteiger partial charge in [-0.25, -0.2) is 4.98 Å². The zero-order valence-electron chi connectivity index (χ0n) is 10.8. The molecule has 0 unspecified atom stereocenters. The molecule has 7 heteroatoms. The number of ether oxygens (including phenoxy) is 1. The number of nitrogens with zero attached hydrogens (tertiary/aromatic N) is 3. The quantitative estimate of drug-likeness (QED) is 0.836. The number of methoxy groups -OCH3 is 1. The number of imidazole rings is 1. The first-order valence-electron chi connectivity index (χ1n) is 6.35. The molecule has 7 nitrogen and oxygen atoms in total. The normalized spacial score (nSPS) is 19.1. The second-order valence-electron chi connectivity index (χ2n) is 4.90. The third-order valence-electron chi connectivity index (χ3n) is 3.71. The van der Waals surface area contributed by atoms with Gasteiger partial charge in [0.1, 0.15) is 5.60 Å². The number of aromatic amines is 1. The Morgan fingerprint density at radius 2 is 2.42 bits per heavy atom. The predicted octanol–water partition coefficient (Wildman–Crippen LogP) is 1.06. The van der Waals surface area contributed by atoms with Gasteiger partial charge in [-0.15, -0.1) is 0 Å². The lowest BCUT2D eigenvalue weighted by Crippen LogP contribution is -2.37. The molecule has 1 aliphatic carbocycles. The summed E-state index contributed by atoms with van der Waals surface area (Å²) in [5.41, 5.74) is 6.64. The summed E-state index contributed by atoms with van der Waals surface area (Å²) in [5, 5.41) is 4.01. The van der Waals surface area contributed by atoms with Crippen molar-refractivity contribution in [2.75, 3.05) is 7.11 Å². The number of hydrogen-bond acceptors (Lipinski definition) is 6. The fourth-order valence-corrected chi connectivity index (χ4v) is 2.31. The Morgan fingerprint density at radius 3 is 3.00 bits per heavy atom. The third kappa shape index (κ3) is 2.15. The Hall–Kier alpha value is -1.73. The molecule has 1 aliphatic rings. The highest BCUT2D eigenvalue weighted by Crippen LogP contribution is 2.42. The van der Waals surface area contributed by atoms with Gasteiger partial charge in [0.25, 0.3) is 0 Å². The lowest BCUT2D eigenvalue weighted by atomic mass is 9.79. The Balaban J connectivity index is 1.74. The highest BCUT2D eigenvalue weighted by molar-refractivity contribution is 5.09. The van der Waals surface area contributed by atoms with Crippen LogP contribution in [-0.4, -0.2) is 27.2 Å². The predicted molar refractivity (Wildman–Crippen MR) is 66.1 cm³/mol. The van der Waals surface area contributed by atoms with Crippen LogP contribution in [0.5, 0.6) is 0 Å². The van der Waals surface area contributed by atoms with Crippen LogP contribution in [0.15, 0.2) is 17.0 Å². The molecule has 2 heterocycles. The Labute approximate surface area is 110 Å². The molecule has 1 atom stereocenters. The van der Waals surface area contributed by atoms with Crippen molar-refractivity contribution in [1.82, 2.24) is 20.1 Å². The molecule has 0 aliphatic heterocycles. The fraction of sp³-hybridized carbons (Fsp3) is 0.583. The van der Waals surface area contributed by atoms with Crippen LogP contribution in [0, 0.1) is 0 Å². The third-order valence-corrected chi connectivity index (χ3v) is 3.71. The molecule has 2 aromatic rings. The summed E-state index contributed by atoms with van der Waals surface area (Å²) in [4.78, 5) is 11.3. The molecule has 2 aromatic heterocycles. The summed E-state index contributed by atoms with van der Waals surface area (Å²) in [5.74, 6) is 1.05. The van der Waals surface area contributed by atoms with Gasteiger partial charge >= 0.3 is 0 Å². The molecule has 0 saturated heterocycles. The minimum atomic E-state index is -0.366. The number of aromatic nitrogens is 4. The van der Waals surface area contributed by atoms with Crippen molar-refractivity contribution in [3.05, 3.63) is 29.9 Å². The van der Waals surface area contributed by atoms with Crippen LogP contribution >= 0.6 is 0 Å². The molecule has 0 amide bonds. The summed E-state index contributed by atoms with van der Waals surface area (Å²) < 4.78 is 10.8. The average Bonchev–Trinajstić information content (AvgIpc) is 2.99. The Kier molecular flexibility index (Phi) is 3.08. The molecule has 0 radical (unpaired) electrons. The van der Waals surface area contributed by atoms with Crippen LogP contribution in [-0.2, 0) is 16.8 Å². The molecular weight excluding hydrogens is 246 g/mol. The van der Waals surface area contributed by atoms with E-state index in [9.17, 15) is 0 Å². The van der Waals surface area contributed by atoms with Gasteiger partial charge in [-0.3, -0.25) is 0 Å². The van der Waals surface area contributed by atoms with E-state index in [2.05, 4.69) is 20.1 Å². The second kappa shape index (κ2) is 4.75. The first-order valence-corrected chi connectivity index (χ1v) is 6.35. The number of nitrogens with two attached hydrogens (primary N) is 1. The van der Waals surface area contributed by atoms with Crippen LogP contribution < -0.4 is 5.73 Å². The zero-order chi connectivity index (χ0) is 13.3. The average molecular weight is 263 g/mol. The fourth-order valence-electron chi connectivity index (χ4n) is 2.31. The summed E-state index contributed by atoms with van der Waals surface area (Å²) in [6.07, 6.45) is 6.92. The molecule has 3 rings (SSSR count). The molecule has 3 N–H and O–H groups in total. The van der Waals surface area contributed by atoms with E-state index in [1.54, 1.807) is 19.6 Å². The molecule has 19 heavy (non-hydrogen) atoms. The van der Waals surface area contributed by atoms with Crippen molar-refractivity contribution < 1.29 is 9.26 Å². The van der Waals surface area contributed by atoms with Crippen LogP contribution in [0.2, 0.25) is 0 Å². The standard InChI is InChI=1S/C12H17N5O2/c1-18-12(3-2-4-12)11-16-10(19-17-11)9(13)5-8-6-14-7-15-8/h6-7,9H,2-5,13H2,1H3,(H,14,15)/t9-/m0/s1. The van der Waals surface area contributed by atoms with Crippen molar-refractivity contribution in [2.45, 2.75) is 37.3 Å². The number of H-pyrrole nitrogens is 1. The van der Waals surface area contributed by atoms with E-state index in [4.69, 9.17) is 15.0 Å². The molecule has 1 fully saturated rings. The molecule has 0 bridgehead atoms. The molecular formula is C12H17N5O2. The lowest BCUT2D eigenvalue weighted by molar-refractivity contribution is -0.0858. The highest BCUT2D eigenvalue weighted by atomic mass is 16.5. The van der Waals surface area contributed by atoms with Crippen molar-refractivity contribution >= 4 is 0 Å². The van der Waals surface area contributed by atoms with Gasteiger partial charge in [-0.1, -0.05) is 5.16 Å². The van der Waals surface area contributed by atoms with E-state index >= 15 is 0 Å². The monoisotopic (exact) mass is 263 g/mol. The first kappa shape index (κ1) is 12.3. The van der Waals surface area contributed by atoms with Gasteiger partial charge in [0.2, 0.25) is 11.7 Å². The first-order chi connectivity index (χ1) is 9.23. The summed E-state index contributed by atoms with van der Waals surface area (Å²) in [6.45, 7) is 0. The van der Waals surface area contributed by atoms with Gasteiger partial charge in [-0.05, 0) is 19.3 Å². The number of rotatable bonds is 5. The van der Waals surface area contributed by atoms with Gasteiger partial charge in [0.15, 0.2) is 0 Å². The largest absolute Gasteiger partial charge is 0.370 e. The van der Waals surface area contributed by atoms with E-state index < -0.39 is 0 Å². The van der Waals surface area contributed by atoms with Crippen LogP contribution in [0.4, 0.5) is 0 Å². The van der Waals surface area contributed by atoms with E-state index in [0.29, 0.717) is 18.1 Å². The summed E-state index contributed by atoms with van der Waals surface area (Å²) >= 11 is 0. The molecule has 1 saturated carbocycles. The van der Waals surface area contributed by atoms with Crippen molar-refractivity contribution in [2.24, 2.45) is 5.73 Å². The van der Waals surface area contributed by atoms with E-state index in [1.165, 1.54) is 0 Å². The van der Waals surface area contributed by atoms with Crippen molar-refractivity contribution in [3.63, 3.8) is 0 Å². The lowest BCUT2D eigenvalue weighted by Gasteiger charge is -2.37. The number of hydrogen-bond donors (Lipinski definition) is 2. The second-order valence-corrected chi connectivity index (χ2v) is 4.90. The van der Waals surface area contributed by atoms with Crippen LogP contribution in [0.1, 0.15) is 42.7 Å². The van der Waals surface area contributed by atoms with Gasteiger partial charge in [0.05, 0.1) is 12.4 Å². The smallest absolute Gasteiger partial charge is 0.244 e. The highest BCUT2D eigenvalue weighted by Gasteiger charge is 2.43. The maximum absolute atomic E-state index is 6.06. The van der Waals surface area contributed by atoms with E-state index in [-0.39, 0.29) is 11.6 Å². The van der Waals surface area contributed by atoms with Gasteiger partial charge < -0.3 is 20.0 Å². The SMILES string of the molecule is COC1(c2noc([C@@H](N)Cc3cnc[nH]3)n2)CCC1. The van der Waals surface area contributed by atoms with E-state index in [0.717, 1.165) is 25.0 Å². The summed E-state index contributed by atoms with van der Waals surface area (Å²) in [7, 11) is 1.68. The van der Waals surface area contributed by atoms with Crippen molar-refractivity contribution in [3.8, 4) is 0 Å². The minimum absolute atomic E-state index is 0.337. The van der Waals surface area contributed by atoms with E-state index in [1.807, 2.05) is 0 Å². The maximum atomic E-state index is 6.06. The maximum Gasteiger partial charge on any atom is 0.244 e.